The molecule has 0 fully saturated rings. The number of aliphatic hydroxyl groups excluding tert-OH is 1. The molecule has 0 amide bonds. The number of allylic oxidation sites excluding steroid dienone is 2. The van der Waals surface area contributed by atoms with Gasteiger partial charge in [0.1, 0.15) is 17.1 Å². The molecule has 0 spiro atoms. The Morgan fingerprint density at radius 2 is 1.54 bits per heavy atom. The van der Waals surface area contributed by atoms with Crippen LogP contribution in [0.5, 0.6) is 0 Å². The van der Waals surface area contributed by atoms with Crippen LogP contribution in [-0.2, 0) is 30.3 Å². The van der Waals surface area contributed by atoms with Crippen molar-refractivity contribution in [1.82, 2.24) is 4.98 Å². The predicted molar refractivity (Wildman–Crippen MR) is 218 cm³/mol. The number of rotatable bonds is 9. The zero-order valence-electron chi connectivity index (χ0n) is 32.7. The summed E-state index contributed by atoms with van der Waals surface area (Å²) in [6.07, 6.45) is 6.68. The van der Waals surface area contributed by atoms with E-state index in [-0.39, 0.29) is 47.9 Å². The fourth-order valence-electron chi connectivity index (χ4n) is 6.69. The van der Waals surface area contributed by atoms with Gasteiger partial charge in [-0.2, -0.15) is 0 Å². The number of para-hydroxylation sites is 1. The second kappa shape index (κ2) is 16.2. The van der Waals surface area contributed by atoms with Crippen LogP contribution in [0.4, 0.5) is 0 Å². The monoisotopic (exact) mass is 893 g/mol. The van der Waals surface area contributed by atoms with Crippen molar-refractivity contribution < 1.29 is 34.4 Å². The number of carbonyl (C=O) groups excluding carboxylic acids is 1. The zero-order valence-corrected chi connectivity index (χ0v) is 35.9. The quantitative estimate of drug-likeness (QED) is 0.0892. The number of pyridine rings is 1. The number of aryl methyl sites for hydroxylation is 2. The van der Waals surface area contributed by atoms with E-state index in [9.17, 15) is 9.90 Å². The van der Waals surface area contributed by atoms with Crippen LogP contribution in [0.1, 0.15) is 105 Å². The molecule has 277 valence electrons. The van der Waals surface area contributed by atoms with E-state index in [0.29, 0.717) is 0 Å². The molecule has 0 atom stereocenters. The van der Waals surface area contributed by atoms with Crippen molar-refractivity contribution in [1.29, 1.82) is 0 Å². The van der Waals surface area contributed by atoms with E-state index in [1.807, 2.05) is 66.0 Å². The number of aromatic nitrogens is 1. The molecule has 0 aliphatic heterocycles. The molecule has 1 radical (unpaired) electrons. The smallest absolute Gasteiger partial charge is 0.164 e. The molecule has 1 N–H and O–H groups in total. The first kappa shape index (κ1) is 41.2. The number of aliphatic hydroxyl groups is 1. The summed E-state index contributed by atoms with van der Waals surface area (Å²) in [6.45, 7) is 23.1. The molecule has 0 saturated heterocycles. The Labute approximate surface area is 328 Å². The molecule has 52 heavy (non-hydrogen) atoms. The maximum atomic E-state index is 12.2. The van der Waals surface area contributed by atoms with Crippen molar-refractivity contribution in [2.24, 2.45) is 10.8 Å². The van der Waals surface area contributed by atoms with Gasteiger partial charge in [0.25, 0.3) is 0 Å². The molecule has 4 nitrogen and oxygen atoms in total. The molecular formula is C46H54IrNO3S-. The first-order valence-corrected chi connectivity index (χ1v) is 19.2. The Hall–Kier alpha value is -3.57. The van der Waals surface area contributed by atoms with E-state index in [0.717, 1.165) is 64.6 Å². The van der Waals surface area contributed by atoms with Gasteiger partial charge in [0, 0.05) is 69.4 Å². The number of fused-ring (bicyclic) bond motifs is 3. The van der Waals surface area contributed by atoms with Gasteiger partial charge in [-0.3, -0.25) is 9.78 Å². The zero-order chi connectivity index (χ0) is 37.3. The van der Waals surface area contributed by atoms with Gasteiger partial charge in [0.15, 0.2) is 5.78 Å². The number of carbonyl (C=O) groups is 1. The van der Waals surface area contributed by atoms with Gasteiger partial charge in [0.2, 0.25) is 0 Å². The summed E-state index contributed by atoms with van der Waals surface area (Å²) in [5.74, 6) is 1.22. The summed E-state index contributed by atoms with van der Waals surface area (Å²) in [4.78, 5) is 18.3. The SMILES string of the molecule is CCC(C)(CC)C(=O)/C=C(\O)C(C)(CC)CC.Cc1cc2cccc(-c3sc4ccnc(-c5[c-]c6ccccc6c(C(C)(C)C)c5)c4c3C)c2o1.[Ir]. The molecule has 0 saturated carbocycles. The van der Waals surface area contributed by atoms with Gasteiger partial charge in [-0.05, 0) is 74.1 Å². The molecule has 6 heteroatoms. The largest absolute Gasteiger partial charge is 0.512 e. The minimum absolute atomic E-state index is 0. The topological polar surface area (TPSA) is 63.3 Å². The second-order valence-corrected chi connectivity index (χ2v) is 16.5. The maximum absolute atomic E-state index is 12.2. The van der Waals surface area contributed by atoms with Gasteiger partial charge in [-0.25, -0.2) is 0 Å². The molecule has 0 aliphatic rings. The van der Waals surface area contributed by atoms with Crippen molar-refractivity contribution in [3.05, 3.63) is 102 Å². The van der Waals surface area contributed by atoms with Crippen LogP contribution in [0.25, 0.3) is 53.5 Å². The number of nitrogens with zero attached hydrogens (tertiary/aromatic N) is 1. The summed E-state index contributed by atoms with van der Waals surface area (Å²) in [7, 11) is 0. The molecular weight excluding hydrogens is 839 g/mol. The number of hydrogen-bond acceptors (Lipinski definition) is 5. The average molecular weight is 893 g/mol. The van der Waals surface area contributed by atoms with E-state index < -0.39 is 0 Å². The Morgan fingerprint density at radius 3 is 2.17 bits per heavy atom. The third kappa shape index (κ3) is 8.00. The molecule has 3 aromatic heterocycles. The van der Waals surface area contributed by atoms with Crippen molar-refractivity contribution >= 4 is 48.9 Å². The standard InChI is InChI=1S/C31H26NOS.C15H28O2.Ir/c1-18-15-21-10-8-12-24(29(21)33-18)30-19(2)27-26(34-30)13-14-32-28(27)22-16-20-9-6-7-11-23(20)25(17-22)31(3,4)5;1-7-14(5,8-2)12(16)11-13(17)15(6,9-3)10-4;/h6-15,17H,1-5H3;11,16H,7-10H2,1-6H3;/q-1;;/b;12-11-;. The van der Waals surface area contributed by atoms with Crippen LogP contribution >= 0.6 is 11.3 Å². The van der Waals surface area contributed by atoms with E-state index in [1.165, 1.54) is 37.6 Å². The number of ketones is 1. The minimum Gasteiger partial charge on any atom is -0.512 e. The molecule has 0 aliphatic carbocycles. The van der Waals surface area contributed by atoms with Crippen LogP contribution < -0.4 is 0 Å². The summed E-state index contributed by atoms with van der Waals surface area (Å²) >= 11 is 1.81. The summed E-state index contributed by atoms with van der Waals surface area (Å²) in [5, 5.41) is 14.9. The Morgan fingerprint density at radius 1 is 0.885 bits per heavy atom. The fourth-order valence-corrected chi connectivity index (χ4v) is 7.91. The average Bonchev–Trinajstić information content (AvgIpc) is 3.68. The normalized spacial score (nSPS) is 12.6. The molecule has 6 rings (SSSR count). The van der Waals surface area contributed by atoms with Crippen molar-refractivity contribution in [3.8, 4) is 21.7 Å². The van der Waals surface area contributed by atoms with Gasteiger partial charge in [0.05, 0.1) is 0 Å². The summed E-state index contributed by atoms with van der Waals surface area (Å²) in [6, 6.07) is 25.1. The first-order valence-electron chi connectivity index (χ1n) is 18.4. The number of benzene rings is 3. The van der Waals surface area contributed by atoms with E-state index in [2.05, 4.69) is 94.4 Å². The molecule has 3 heterocycles. The summed E-state index contributed by atoms with van der Waals surface area (Å²) < 4.78 is 7.34. The van der Waals surface area contributed by atoms with Gasteiger partial charge < -0.3 is 9.52 Å². The maximum Gasteiger partial charge on any atom is 0.164 e. The van der Waals surface area contributed by atoms with Crippen LogP contribution in [-0.4, -0.2) is 15.9 Å². The minimum atomic E-state index is -0.337. The van der Waals surface area contributed by atoms with Crippen molar-refractivity contribution in [2.45, 2.75) is 107 Å². The van der Waals surface area contributed by atoms with E-state index >= 15 is 0 Å². The summed E-state index contributed by atoms with van der Waals surface area (Å²) in [5.41, 5.74) is 6.12. The third-order valence-electron chi connectivity index (χ3n) is 11.2. The molecule has 6 aromatic rings. The van der Waals surface area contributed by atoms with E-state index in [4.69, 9.17) is 9.40 Å². The second-order valence-electron chi connectivity index (χ2n) is 15.5. The number of hydrogen-bond donors (Lipinski definition) is 1. The first-order chi connectivity index (χ1) is 24.1. The van der Waals surface area contributed by atoms with Crippen LogP contribution in [0.3, 0.4) is 0 Å². The van der Waals surface area contributed by atoms with Gasteiger partial charge in [-0.15, -0.1) is 40.5 Å². The Kier molecular flexibility index (Phi) is 12.8. The fraction of sp³-hybridized carbons (Fsp3) is 0.391. The number of thiophene rings is 1. The Balaban J connectivity index is 0.000000289. The van der Waals surface area contributed by atoms with Crippen LogP contribution in [0.15, 0.2) is 83.1 Å². The van der Waals surface area contributed by atoms with Crippen molar-refractivity contribution in [3.63, 3.8) is 0 Å². The third-order valence-corrected chi connectivity index (χ3v) is 12.5. The number of furan rings is 1. The van der Waals surface area contributed by atoms with Crippen molar-refractivity contribution in [2.75, 3.05) is 0 Å². The van der Waals surface area contributed by atoms with Crippen LogP contribution in [0.2, 0.25) is 0 Å². The Bertz CT molecular complexity index is 2220. The van der Waals surface area contributed by atoms with Crippen LogP contribution in [0, 0.1) is 30.7 Å². The van der Waals surface area contributed by atoms with Gasteiger partial charge in [-0.1, -0.05) is 104 Å². The molecule has 3 aromatic carbocycles. The van der Waals surface area contributed by atoms with E-state index in [1.54, 1.807) is 0 Å². The predicted octanol–water partition coefficient (Wildman–Crippen LogP) is 13.9. The molecule has 0 bridgehead atoms. The van der Waals surface area contributed by atoms with Gasteiger partial charge >= 0.3 is 0 Å². The molecule has 0 unspecified atom stereocenters.